The zero-order valence-electron chi connectivity index (χ0n) is 25.9. The van der Waals surface area contributed by atoms with E-state index in [9.17, 15) is 24.9 Å². The van der Waals surface area contributed by atoms with Crippen molar-refractivity contribution >= 4 is 11.9 Å². The molecule has 9 atom stereocenters. The Kier molecular flexibility index (Phi) is 11.9. The summed E-state index contributed by atoms with van der Waals surface area (Å²) < 4.78 is 23.8. The molecule has 2 saturated heterocycles. The molecule has 0 aliphatic carbocycles. The van der Waals surface area contributed by atoms with Gasteiger partial charge in [0.25, 0.3) is 0 Å². The molecule has 3 heterocycles. The van der Waals surface area contributed by atoms with Gasteiger partial charge in [-0.2, -0.15) is 0 Å². The Morgan fingerprint density at radius 2 is 1.81 bits per heavy atom. The summed E-state index contributed by atoms with van der Waals surface area (Å²) in [6, 6.07) is 0. The number of aliphatic hydroxyl groups excluding tert-OH is 3. The molecule has 0 aromatic rings. The highest BCUT2D eigenvalue weighted by Crippen LogP contribution is 2.42. The van der Waals surface area contributed by atoms with Gasteiger partial charge in [0, 0.05) is 24.8 Å². The smallest absolute Gasteiger partial charge is 0.333 e. The number of hydrogen-bond acceptors (Lipinski definition) is 9. The molecule has 9 nitrogen and oxygen atoms in total. The SMILES string of the molecule is CCC1C/C=C(C)/C=C(\C)C2OC3OC(C)(CCC2/C=C(\C)C(O)C/C=C/C=C(\C)C(=O)O1)C(OC(C)=O)C(O)C3O. The quantitative estimate of drug-likeness (QED) is 0.318. The van der Waals surface area contributed by atoms with E-state index in [1.54, 1.807) is 26.0 Å². The van der Waals surface area contributed by atoms with E-state index in [4.69, 9.17) is 18.9 Å². The molecule has 9 unspecified atom stereocenters. The minimum atomic E-state index is -1.45. The number of rotatable bonds is 2. The molecule has 3 rings (SSSR count). The first-order valence-electron chi connectivity index (χ1n) is 14.9. The first kappa shape index (κ1) is 33.9. The van der Waals surface area contributed by atoms with Gasteiger partial charge in [-0.25, -0.2) is 4.79 Å². The molecule has 9 heteroatoms. The van der Waals surface area contributed by atoms with Crippen LogP contribution in [-0.2, 0) is 28.5 Å². The van der Waals surface area contributed by atoms with Crippen molar-refractivity contribution < 1.29 is 43.9 Å². The Balaban J connectivity index is 2.05. The van der Waals surface area contributed by atoms with Crippen LogP contribution >= 0.6 is 0 Å². The summed E-state index contributed by atoms with van der Waals surface area (Å²) in [6.07, 6.45) is 7.10. The fourth-order valence-corrected chi connectivity index (χ4v) is 5.73. The van der Waals surface area contributed by atoms with E-state index in [1.807, 2.05) is 52.0 Å². The van der Waals surface area contributed by atoms with Crippen LogP contribution in [0.5, 0.6) is 0 Å². The largest absolute Gasteiger partial charge is 0.459 e. The second-order valence-electron chi connectivity index (χ2n) is 12.0. The van der Waals surface area contributed by atoms with Crippen LogP contribution in [0.3, 0.4) is 0 Å². The molecule has 3 N–H and O–H groups in total. The number of carbonyl (C=O) groups is 2. The molecule has 2 bridgehead atoms. The van der Waals surface area contributed by atoms with Gasteiger partial charge >= 0.3 is 11.9 Å². The molecule has 0 aromatic carbocycles. The Labute approximate surface area is 249 Å². The second-order valence-corrected chi connectivity index (χ2v) is 12.0. The first-order valence-corrected chi connectivity index (χ1v) is 14.9. The lowest BCUT2D eigenvalue weighted by Crippen LogP contribution is -2.66. The molecule has 3 aliphatic heterocycles. The number of aliphatic hydroxyl groups is 3. The Morgan fingerprint density at radius 1 is 1.10 bits per heavy atom. The van der Waals surface area contributed by atoms with Gasteiger partial charge in [-0.3, -0.25) is 4.79 Å². The molecule has 0 spiro atoms. The first-order chi connectivity index (χ1) is 19.7. The van der Waals surface area contributed by atoms with Gasteiger partial charge in [-0.1, -0.05) is 49.0 Å². The van der Waals surface area contributed by atoms with E-state index in [-0.39, 0.29) is 18.0 Å². The van der Waals surface area contributed by atoms with Crippen LogP contribution in [0.2, 0.25) is 0 Å². The van der Waals surface area contributed by atoms with E-state index < -0.39 is 48.4 Å². The summed E-state index contributed by atoms with van der Waals surface area (Å²) in [5.41, 5.74) is 1.96. The van der Waals surface area contributed by atoms with Gasteiger partial charge in [0.1, 0.15) is 23.9 Å². The number of allylic oxidation sites excluding steroid dienone is 4. The average Bonchev–Trinajstić information content (AvgIpc) is 2.93. The van der Waals surface area contributed by atoms with Gasteiger partial charge in [0.2, 0.25) is 0 Å². The molecule has 42 heavy (non-hydrogen) atoms. The summed E-state index contributed by atoms with van der Waals surface area (Å²) in [5.74, 6) is -1.17. The molecule has 0 aromatic heterocycles. The summed E-state index contributed by atoms with van der Waals surface area (Å²) >= 11 is 0. The average molecular weight is 589 g/mol. The van der Waals surface area contributed by atoms with Crippen molar-refractivity contribution in [1.29, 1.82) is 0 Å². The number of esters is 2. The Bertz CT molecular complexity index is 1130. The Morgan fingerprint density at radius 3 is 2.48 bits per heavy atom. The zero-order valence-corrected chi connectivity index (χ0v) is 25.9. The fraction of sp³-hybridized carbons (Fsp3) is 0.636. The van der Waals surface area contributed by atoms with Crippen molar-refractivity contribution in [3.05, 3.63) is 58.7 Å². The molecule has 234 valence electrons. The molecular weight excluding hydrogens is 540 g/mol. The van der Waals surface area contributed by atoms with Gasteiger partial charge in [-0.05, 0) is 71.4 Å². The minimum Gasteiger partial charge on any atom is -0.459 e. The van der Waals surface area contributed by atoms with Crippen LogP contribution in [0.15, 0.2) is 58.7 Å². The van der Waals surface area contributed by atoms with Crippen LogP contribution in [-0.4, -0.2) is 75.8 Å². The van der Waals surface area contributed by atoms with Crippen molar-refractivity contribution in [1.82, 2.24) is 0 Å². The number of cyclic esters (lactones) is 1. The lowest BCUT2D eigenvalue weighted by atomic mass is 9.79. The third-order valence-electron chi connectivity index (χ3n) is 8.36. The van der Waals surface area contributed by atoms with Crippen LogP contribution in [0.4, 0.5) is 0 Å². The highest BCUT2D eigenvalue weighted by molar-refractivity contribution is 5.88. The highest BCUT2D eigenvalue weighted by Gasteiger charge is 2.55. The molecule has 3 aliphatic rings. The maximum atomic E-state index is 12.6. The molecule has 2 fully saturated rings. The standard InChI is InChI=1S/C33H48O9/c1-8-25-14-13-19(2)17-22(5)29-24(18-21(4)26(35)12-10-9-11-20(3)31(38)40-25)15-16-33(7)30(39-23(6)34)27(36)28(37)32(41-29)42-33/h9-11,13,17-18,24-30,32,35-37H,8,12,14-16H2,1-7H3/b10-9+,19-13+,20-11+,21-18+,22-17+. The van der Waals surface area contributed by atoms with Gasteiger partial charge in [0.05, 0.1) is 12.2 Å². The second kappa shape index (κ2) is 14.8. The van der Waals surface area contributed by atoms with Crippen LogP contribution in [0, 0.1) is 5.92 Å². The maximum Gasteiger partial charge on any atom is 0.333 e. The lowest BCUT2D eigenvalue weighted by Gasteiger charge is -2.51. The fourth-order valence-electron chi connectivity index (χ4n) is 5.73. The molecule has 0 saturated carbocycles. The number of fused-ring (bicyclic) bond motifs is 3. The van der Waals surface area contributed by atoms with E-state index >= 15 is 0 Å². The minimum absolute atomic E-state index is 0.218. The summed E-state index contributed by atoms with van der Waals surface area (Å²) in [5, 5.41) is 32.9. The lowest BCUT2D eigenvalue weighted by molar-refractivity contribution is -0.345. The number of carbonyl (C=O) groups excluding carboxylic acids is 2. The zero-order chi connectivity index (χ0) is 31.2. The summed E-state index contributed by atoms with van der Waals surface area (Å²) in [6.45, 7) is 12.5. The predicted molar refractivity (Wildman–Crippen MR) is 158 cm³/mol. The normalized spacial score (nSPS) is 43.0. The Hall–Kier alpha value is -2.56. The van der Waals surface area contributed by atoms with Gasteiger partial charge in [-0.15, -0.1) is 0 Å². The monoisotopic (exact) mass is 588 g/mol. The van der Waals surface area contributed by atoms with Crippen molar-refractivity contribution in [2.24, 2.45) is 5.92 Å². The van der Waals surface area contributed by atoms with E-state index in [1.165, 1.54) is 6.92 Å². The third-order valence-corrected chi connectivity index (χ3v) is 8.36. The molecule has 0 radical (unpaired) electrons. The molecule has 0 amide bonds. The van der Waals surface area contributed by atoms with Crippen LogP contribution in [0.1, 0.15) is 80.6 Å². The summed E-state index contributed by atoms with van der Waals surface area (Å²) in [4.78, 5) is 24.4. The predicted octanol–water partition coefficient (Wildman–Crippen LogP) is 4.37. The van der Waals surface area contributed by atoms with Crippen LogP contribution < -0.4 is 0 Å². The van der Waals surface area contributed by atoms with Crippen molar-refractivity contribution in [2.45, 2.75) is 129 Å². The maximum absolute atomic E-state index is 12.6. The van der Waals surface area contributed by atoms with E-state index in [0.29, 0.717) is 37.7 Å². The summed E-state index contributed by atoms with van der Waals surface area (Å²) in [7, 11) is 0. The van der Waals surface area contributed by atoms with Crippen molar-refractivity contribution in [3.8, 4) is 0 Å². The van der Waals surface area contributed by atoms with Crippen LogP contribution in [0.25, 0.3) is 0 Å². The van der Waals surface area contributed by atoms with Crippen molar-refractivity contribution in [2.75, 3.05) is 0 Å². The molecular formula is C33H48O9. The topological polar surface area (TPSA) is 132 Å². The third kappa shape index (κ3) is 8.51. The van der Waals surface area contributed by atoms with E-state index in [2.05, 4.69) is 0 Å². The number of ether oxygens (including phenoxy) is 4. The highest BCUT2D eigenvalue weighted by atomic mass is 16.7. The van der Waals surface area contributed by atoms with E-state index in [0.717, 1.165) is 16.7 Å². The van der Waals surface area contributed by atoms with Gasteiger partial charge in [0.15, 0.2) is 12.4 Å². The van der Waals surface area contributed by atoms with Gasteiger partial charge < -0.3 is 34.3 Å². The van der Waals surface area contributed by atoms with Crippen molar-refractivity contribution in [3.63, 3.8) is 0 Å². The number of hydrogen-bond donors (Lipinski definition) is 3.